The number of carbonyl (C=O) groups excluding carboxylic acids is 4. The van der Waals surface area contributed by atoms with E-state index in [4.69, 9.17) is 0 Å². The van der Waals surface area contributed by atoms with Crippen molar-refractivity contribution in [3.05, 3.63) is 0 Å². The first kappa shape index (κ1) is 32.5. The van der Waals surface area contributed by atoms with Gasteiger partial charge in [0.25, 0.3) is 0 Å². The van der Waals surface area contributed by atoms with Gasteiger partial charge < -0.3 is 19.2 Å². The van der Waals surface area contributed by atoms with Crippen LogP contribution in [-0.2, 0) is 19.2 Å². The highest BCUT2D eigenvalue weighted by molar-refractivity contribution is 5.76. The van der Waals surface area contributed by atoms with Gasteiger partial charge in [-0.25, -0.2) is 0 Å². The second-order valence-corrected chi connectivity index (χ2v) is 6.06. The van der Waals surface area contributed by atoms with E-state index in [-0.39, 0.29) is 16.8 Å². The Balaban J connectivity index is -0.000000173. The average molecular weight is 362 g/mol. The monoisotopic (exact) mass is 362 g/mol. The van der Waals surface area contributed by atoms with E-state index in [0.717, 1.165) is 76.5 Å². The Kier molecular flexibility index (Phi) is 43.7. The van der Waals surface area contributed by atoms with E-state index in [2.05, 4.69) is 0 Å². The molecule has 0 aliphatic rings. The Morgan fingerprint density at radius 3 is 0.615 bits per heavy atom. The molecular weight excluding hydrogens is 326 g/mol. The van der Waals surface area contributed by atoms with Crippen molar-refractivity contribution in [2.45, 2.75) is 103 Å². The molecule has 0 aliphatic carbocycles. The highest BCUT2D eigenvalue weighted by atomic mass is 16.1. The zero-order valence-electron chi connectivity index (χ0n) is 16.4. The van der Waals surface area contributed by atoms with E-state index >= 15 is 0 Å². The Labute approximate surface area is 164 Å². The molecule has 4 nitrogen and oxygen atoms in total. The molecule has 26 heavy (non-hydrogen) atoms. The van der Waals surface area contributed by atoms with Crippen LogP contribution in [0.3, 0.4) is 0 Å². The van der Waals surface area contributed by atoms with Crippen LogP contribution in [0.5, 0.6) is 0 Å². The number of hydrogen-bond acceptors (Lipinski definition) is 4. The minimum absolute atomic E-state index is 0. The summed E-state index contributed by atoms with van der Waals surface area (Å²) < 4.78 is 0. The van der Waals surface area contributed by atoms with Crippen LogP contribution in [0.1, 0.15) is 103 Å². The van der Waals surface area contributed by atoms with Gasteiger partial charge in [0.1, 0.15) is 25.1 Å². The van der Waals surface area contributed by atoms with Crippen molar-refractivity contribution in [3.63, 3.8) is 0 Å². The van der Waals surface area contributed by atoms with Crippen molar-refractivity contribution >= 4 is 42.0 Å². The molecule has 0 saturated carbocycles. The SMILES string of the molecule is O=CCCCCCCCCC=O.O=CCCCCCCCCC=O.[B].[B]. The van der Waals surface area contributed by atoms with Crippen molar-refractivity contribution in [3.8, 4) is 0 Å². The maximum absolute atomic E-state index is 9.94. The van der Waals surface area contributed by atoms with Gasteiger partial charge in [0.2, 0.25) is 0 Å². The van der Waals surface area contributed by atoms with E-state index in [1.54, 1.807) is 0 Å². The van der Waals surface area contributed by atoms with Crippen molar-refractivity contribution < 1.29 is 19.2 Å². The first-order valence-corrected chi connectivity index (χ1v) is 9.58. The van der Waals surface area contributed by atoms with Gasteiger partial charge in [0.15, 0.2) is 0 Å². The maximum Gasteiger partial charge on any atom is 0.119 e. The number of carbonyl (C=O) groups is 4. The molecule has 0 aromatic heterocycles. The molecule has 0 atom stereocenters. The van der Waals surface area contributed by atoms with Crippen molar-refractivity contribution in [2.24, 2.45) is 0 Å². The fraction of sp³-hybridized carbons (Fsp3) is 0.800. The number of aldehydes is 4. The van der Waals surface area contributed by atoms with Crippen LogP contribution in [0, 0.1) is 0 Å². The summed E-state index contributed by atoms with van der Waals surface area (Å²) in [6, 6.07) is 0. The lowest BCUT2D eigenvalue weighted by Crippen LogP contribution is -1.81. The van der Waals surface area contributed by atoms with E-state index in [1.807, 2.05) is 0 Å². The molecular formula is C20H36B2O4. The highest BCUT2D eigenvalue weighted by Crippen LogP contribution is 2.07. The number of rotatable bonds is 18. The largest absolute Gasteiger partial charge is 0.303 e. The van der Waals surface area contributed by atoms with Crippen molar-refractivity contribution in [2.75, 3.05) is 0 Å². The quantitative estimate of drug-likeness (QED) is 0.208. The van der Waals surface area contributed by atoms with E-state index < -0.39 is 0 Å². The molecule has 0 spiro atoms. The first-order valence-electron chi connectivity index (χ1n) is 9.58. The summed E-state index contributed by atoms with van der Waals surface area (Å²) >= 11 is 0. The Morgan fingerprint density at radius 1 is 0.308 bits per heavy atom. The molecule has 6 heteroatoms. The van der Waals surface area contributed by atoms with Gasteiger partial charge in [-0.05, 0) is 25.7 Å². The summed E-state index contributed by atoms with van der Waals surface area (Å²) in [6.45, 7) is 0. The third-order valence-electron chi connectivity index (χ3n) is 3.79. The lowest BCUT2D eigenvalue weighted by molar-refractivity contribution is -0.108. The molecule has 0 bridgehead atoms. The number of unbranched alkanes of at least 4 members (excludes halogenated alkanes) is 14. The van der Waals surface area contributed by atoms with Crippen LogP contribution in [0.15, 0.2) is 0 Å². The molecule has 0 N–H and O–H groups in total. The van der Waals surface area contributed by atoms with Crippen LogP contribution >= 0.6 is 0 Å². The van der Waals surface area contributed by atoms with Crippen LogP contribution in [-0.4, -0.2) is 42.0 Å². The topological polar surface area (TPSA) is 68.3 Å². The van der Waals surface area contributed by atoms with E-state index in [0.29, 0.717) is 25.7 Å². The third kappa shape index (κ3) is 38.4. The molecule has 0 fully saturated rings. The minimum atomic E-state index is 0. The fourth-order valence-electron chi connectivity index (χ4n) is 2.32. The second kappa shape index (κ2) is 35.0. The molecule has 0 aromatic rings. The first-order chi connectivity index (χ1) is 11.8. The molecule has 6 radical (unpaired) electrons. The summed E-state index contributed by atoms with van der Waals surface area (Å²) in [5.74, 6) is 0. The van der Waals surface area contributed by atoms with E-state index in [1.165, 1.54) is 25.7 Å². The molecule has 0 unspecified atom stereocenters. The van der Waals surface area contributed by atoms with Gasteiger partial charge in [-0.3, -0.25) is 0 Å². The van der Waals surface area contributed by atoms with Crippen molar-refractivity contribution in [1.82, 2.24) is 0 Å². The van der Waals surface area contributed by atoms with Crippen LogP contribution < -0.4 is 0 Å². The van der Waals surface area contributed by atoms with Gasteiger partial charge >= 0.3 is 0 Å². The summed E-state index contributed by atoms with van der Waals surface area (Å²) in [5, 5.41) is 0. The van der Waals surface area contributed by atoms with Crippen molar-refractivity contribution in [1.29, 1.82) is 0 Å². The van der Waals surface area contributed by atoms with E-state index in [9.17, 15) is 19.2 Å². The highest BCUT2D eigenvalue weighted by Gasteiger charge is 1.91. The molecule has 0 heterocycles. The molecule has 0 amide bonds. The standard InChI is InChI=1S/2C10H18O2.2B/c2*11-9-7-5-3-1-2-4-6-8-10-12;;/h2*9-10H,1-8H2;;. The third-order valence-corrected chi connectivity index (χ3v) is 3.79. The average Bonchev–Trinajstić information content (AvgIpc) is 2.60. The van der Waals surface area contributed by atoms with Gasteiger partial charge in [-0.1, -0.05) is 51.4 Å². The smallest absolute Gasteiger partial charge is 0.119 e. The molecule has 0 rings (SSSR count). The lowest BCUT2D eigenvalue weighted by atomic mass is 10.1. The second-order valence-electron chi connectivity index (χ2n) is 6.06. The van der Waals surface area contributed by atoms with Gasteiger partial charge in [-0.2, -0.15) is 0 Å². The Morgan fingerprint density at radius 2 is 0.462 bits per heavy atom. The Bertz CT molecular complexity index is 231. The zero-order valence-corrected chi connectivity index (χ0v) is 16.4. The lowest BCUT2D eigenvalue weighted by Gasteiger charge is -1.97. The molecule has 0 saturated heterocycles. The van der Waals surface area contributed by atoms with Gasteiger partial charge in [0, 0.05) is 42.5 Å². The maximum atomic E-state index is 9.94. The fourth-order valence-corrected chi connectivity index (χ4v) is 2.32. The summed E-state index contributed by atoms with van der Waals surface area (Å²) in [4.78, 5) is 39.8. The van der Waals surface area contributed by atoms with Crippen LogP contribution in [0.4, 0.5) is 0 Å². The normalized spacial score (nSPS) is 8.92. The zero-order chi connectivity index (χ0) is 18.1. The molecule has 146 valence electrons. The molecule has 0 aliphatic heterocycles. The minimum Gasteiger partial charge on any atom is -0.303 e. The Hall–Kier alpha value is -1.19. The van der Waals surface area contributed by atoms with Gasteiger partial charge in [-0.15, -0.1) is 0 Å². The summed E-state index contributed by atoms with van der Waals surface area (Å²) in [6.07, 6.45) is 20.2. The molecule has 0 aromatic carbocycles. The van der Waals surface area contributed by atoms with Gasteiger partial charge in [0.05, 0.1) is 0 Å². The summed E-state index contributed by atoms with van der Waals surface area (Å²) in [7, 11) is 0. The summed E-state index contributed by atoms with van der Waals surface area (Å²) in [5.41, 5.74) is 0. The van der Waals surface area contributed by atoms with Crippen LogP contribution in [0.2, 0.25) is 0 Å². The predicted molar refractivity (Wildman–Crippen MR) is 110 cm³/mol. The number of hydrogen-bond donors (Lipinski definition) is 0. The van der Waals surface area contributed by atoms with Crippen LogP contribution in [0.25, 0.3) is 0 Å². The predicted octanol–water partition coefficient (Wildman–Crippen LogP) is 4.25.